The SMILES string of the molecule is COC(=O)[C@@H](C)[C@@H](OC)c1ccccc1. The average molecular weight is 208 g/mol. The van der Waals surface area contributed by atoms with Crippen molar-refractivity contribution in [3.63, 3.8) is 0 Å². The molecule has 0 spiro atoms. The van der Waals surface area contributed by atoms with Crippen LogP contribution in [0, 0.1) is 5.92 Å². The number of methoxy groups -OCH3 is 2. The lowest BCUT2D eigenvalue weighted by molar-refractivity contribution is -0.149. The molecule has 1 aromatic carbocycles. The van der Waals surface area contributed by atoms with Gasteiger partial charge in [0.2, 0.25) is 0 Å². The summed E-state index contributed by atoms with van der Waals surface area (Å²) in [6.07, 6.45) is -0.251. The lowest BCUT2D eigenvalue weighted by atomic mass is 9.97. The Labute approximate surface area is 90.0 Å². The van der Waals surface area contributed by atoms with Gasteiger partial charge < -0.3 is 9.47 Å². The van der Waals surface area contributed by atoms with Crippen molar-refractivity contribution in [2.24, 2.45) is 5.92 Å². The molecule has 0 saturated carbocycles. The van der Waals surface area contributed by atoms with Gasteiger partial charge in [0.05, 0.1) is 19.1 Å². The number of esters is 1. The molecule has 3 heteroatoms. The van der Waals surface area contributed by atoms with Crippen molar-refractivity contribution in [2.45, 2.75) is 13.0 Å². The van der Waals surface area contributed by atoms with Crippen molar-refractivity contribution < 1.29 is 14.3 Å². The normalized spacial score (nSPS) is 14.3. The van der Waals surface area contributed by atoms with Crippen LogP contribution in [0.15, 0.2) is 30.3 Å². The van der Waals surface area contributed by atoms with Crippen LogP contribution in [-0.4, -0.2) is 20.2 Å². The maximum Gasteiger partial charge on any atom is 0.311 e. The lowest BCUT2D eigenvalue weighted by Crippen LogP contribution is -2.22. The average Bonchev–Trinajstić information content (AvgIpc) is 2.30. The minimum atomic E-state index is -0.303. The van der Waals surface area contributed by atoms with Gasteiger partial charge in [-0.25, -0.2) is 0 Å². The van der Waals surface area contributed by atoms with E-state index in [2.05, 4.69) is 0 Å². The Morgan fingerprint density at radius 1 is 1.20 bits per heavy atom. The molecule has 1 aromatic rings. The van der Waals surface area contributed by atoms with Crippen LogP contribution in [0.4, 0.5) is 0 Å². The molecule has 15 heavy (non-hydrogen) atoms. The quantitative estimate of drug-likeness (QED) is 0.711. The Kier molecular flexibility index (Phi) is 4.31. The van der Waals surface area contributed by atoms with E-state index in [1.165, 1.54) is 7.11 Å². The van der Waals surface area contributed by atoms with E-state index >= 15 is 0 Å². The fraction of sp³-hybridized carbons (Fsp3) is 0.417. The molecule has 0 fully saturated rings. The van der Waals surface area contributed by atoms with Crippen LogP contribution in [0.5, 0.6) is 0 Å². The van der Waals surface area contributed by atoms with Gasteiger partial charge in [-0.2, -0.15) is 0 Å². The van der Waals surface area contributed by atoms with E-state index < -0.39 is 0 Å². The van der Waals surface area contributed by atoms with E-state index in [4.69, 9.17) is 9.47 Å². The highest BCUT2D eigenvalue weighted by molar-refractivity contribution is 5.72. The monoisotopic (exact) mass is 208 g/mol. The number of rotatable bonds is 4. The van der Waals surface area contributed by atoms with Crippen LogP contribution < -0.4 is 0 Å². The molecule has 0 aliphatic rings. The Bertz CT molecular complexity index is 308. The second-order valence-electron chi connectivity index (χ2n) is 3.38. The van der Waals surface area contributed by atoms with Crippen molar-refractivity contribution >= 4 is 5.97 Å². The van der Waals surface area contributed by atoms with Crippen LogP contribution in [0.25, 0.3) is 0 Å². The largest absolute Gasteiger partial charge is 0.469 e. The van der Waals surface area contributed by atoms with Gasteiger partial charge in [0.1, 0.15) is 0 Å². The smallest absolute Gasteiger partial charge is 0.311 e. The van der Waals surface area contributed by atoms with Gasteiger partial charge in [0.15, 0.2) is 0 Å². The number of hydrogen-bond acceptors (Lipinski definition) is 3. The molecule has 1 rings (SSSR count). The van der Waals surface area contributed by atoms with Gasteiger partial charge in [-0.05, 0) is 12.5 Å². The Morgan fingerprint density at radius 2 is 1.80 bits per heavy atom. The zero-order valence-electron chi connectivity index (χ0n) is 9.27. The van der Waals surface area contributed by atoms with Crippen molar-refractivity contribution in [1.82, 2.24) is 0 Å². The summed E-state index contributed by atoms with van der Waals surface area (Å²) in [5.74, 6) is -0.562. The first-order valence-corrected chi connectivity index (χ1v) is 4.86. The van der Waals surface area contributed by atoms with E-state index in [1.807, 2.05) is 30.3 Å². The summed E-state index contributed by atoms with van der Waals surface area (Å²) in [6.45, 7) is 1.80. The topological polar surface area (TPSA) is 35.5 Å². The predicted molar refractivity (Wildman–Crippen MR) is 57.4 cm³/mol. The minimum Gasteiger partial charge on any atom is -0.469 e. The Morgan fingerprint density at radius 3 is 2.27 bits per heavy atom. The molecule has 0 N–H and O–H groups in total. The molecule has 3 nitrogen and oxygen atoms in total. The summed E-state index contributed by atoms with van der Waals surface area (Å²) in [4.78, 5) is 11.4. The molecular formula is C12H16O3. The zero-order valence-corrected chi connectivity index (χ0v) is 9.27. The molecule has 0 aromatic heterocycles. The summed E-state index contributed by atoms with van der Waals surface area (Å²) in [7, 11) is 2.98. The van der Waals surface area contributed by atoms with Crippen LogP contribution in [0.3, 0.4) is 0 Å². The summed E-state index contributed by atoms with van der Waals surface area (Å²) in [5, 5.41) is 0. The number of hydrogen-bond donors (Lipinski definition) is 0. The molecular weight excluding hydrogens is 192 g/mol. The molecule has 82 valence electrons. The summed E-state index contributed by atoms with van der Waals surface area (Å²) in [6, 6.07) is 9.65. The standard InChI is InChI=1S/C12H16O3/c1-9(12(13)15-3)11(14-2)10-7-5-4-6-8-10/h4-9,11H,1-3H3/t9-,11+/m0/s1. The summed E-state index contributed by atoms with van der Waals surface area (Å²) >= 11 is 0. The Balaban J connectivity index is 2.85. The van der Waals surface area contributed by atoms with E-state index in [9.17, 15) is 4.79 Å². The fourth-order valence-corrected chi connectivity index (χ4v) is 1.58. The maximum absolute atomic E-state index is 11.4. The lowest BCUT2D eigenvalue weighted by Gasteiger charge is -2.20. The van der Waals surface area contributed by atoms with Crippen LogP contribution >= 0.6 is 0 Å². The minimum absolute atomic E-state index is 0.251. The molecule has 0 unspecified atom stereocenters. The van der Waals surface area contributed by atoms with E-state index in [0.29, 0.717) is 0 Å². The van der Waals surface area contributed by atoms with E-state index in [0.717, 1.165) is 5.56 Å². The molecule has 0 saturated heterocycles. The third-order valence-electron chi connectivity index (χ3n) is 2.41. The molecule has 0 aliphatic heterocycles. The number of ether oxygens (including phenoxy) is 2. The van der Waals surface area contributed by atoms with Gasteiger partial charge in [0, 0.05) is 7.11 Å². The van der Waals surface area contributed by atoms with E-state index in [1.54, 1.807) is 14.0 Å². The molecule has 0 bridgehead atoms. The van der Waals surface area contributed by atoms with Crippen molar-refractivity contribution in [3.8, 4) is 0 Å². The number of carbonyl (C=O) groups is 1. The maximum atomic E-state index is 11.4. The molecule has 0 aliphatic carbocycles. The first kappa shape index (κ1) is 11.7. The second kappa shape index (κ2) is 5.51. The highest BCUT2D eigenvalue weighted by Crippen LogP contribution is 2.25. The summed E-state index contributed by atoms with van der Waals surface area (Å²) < 4.78 is 10.0. The highest BCUT2D eigenvalue weighted by atomic mass is 16.5. The molecule has 2 atom stereocenters. The summed E-state index contributed by atoms with van der Waals surface area (Å²) in [5.41, 5.74) is 0.984. The van der Waals surface area contributed by atoms with Gasteiger partial charge >= 0.3 is 5.97 Å². The molecule has 0 heterocycles. The third-order valence-corrected chi connectivity index (χ3v) is 2.41. The zero-order chi connectivity index (χ0) is 11.3. The third kappa shape index (κ3) is 2.80. The van der Waals surface area contributed by atoms with Crippen LogP contribution in [0.1, 0.15) is 18.6 Å². The Hall–Kier alpha value is -1.35. The van der Waals surface area contributed by atoms with E-state index in [-0.39, 0.29) is 18.0 Å². The van der Waals surface area contributed by atoms with Gasteiger partial charge in [-0.3, -0.25) is 4.79 Å². The molecule has 0 radical (unpaired) electrons. The number of carbonyl (C=O) groups excluding carboxylic acids is 1. The fourth-order valence-electron chi connectivity index (χ4n) is 1.58. The highest BCUT2D eigenvalue weighted by Gasteiger charge is 2.25. The number of benzene rings is 1. The van der Waals surface area contributed by atoms with Crippen molar-refractivity contribution in [2.75, 3.05) is 14.2 Å². The van der Waals surface area contributed by atoms with Crippen molar-refractivity contribution in [3.05, 3.63) is 35.9 Å². The predicted octanol–water partition coefficient (Wildman–Crippen LogP) is 2.18. The molecule has 0 amide bonds. The first-order valence-electron chi connectivity index (χ1n) is 4.86. The van der Waals surface area contributed by atoms with Gasteiger partial charge in [-0.15, -0.1) is 0 Å². The van der Waals surface area contributed by atoms with Crippen molar-refractivity contribution in [1.29, 1.82) is 0 Å². The van der Waals surface area contributed by atoms with Crippen LogP contribution in [0.2, 0.25) is 0 Å². The van der Waals surface area contributed by atoms with Crippen LogP contribution in [-0.2, 0) is 14.3 Å². The van der Waals surface area contributed by atoms with Gasteiger partial charge in [0.25, 0.3) is 0 Å². The first-order chi connectivity index (χ1) is 7.20. The second-order valence-corrected chi connectivity index (χ2v) is 3.38. The van der Waals surface area contributed by atoms with Gasteiger partial charge in [-0.1, -0.05) is 30.3 Å².